The molecule has 4 nitrogen and oxygen atoms in total. The van der Waals surface area contributed by atoms with Crippen molar-refractivity contribution in [3.05, 3.63) is 71.2 Å². The van der Waals surface area contributed by atoms with E-state index in [9.17, 15) is 9.18 Å². The van der Waals surface area contributed by atoms with Crippen molar-refractivity contribution in [2.24, 2.45) is 5.92 Å². The van der Waals surface area contributed by atoms with Gasteiger partial charge in [-0.2, -0.15) is 0 Å². The fourth-order valence-corrected chi connectivity index (χ4v) is 4.47. The Hall–Kier alpha value is -2.66. The zero-order chi connectivity index (χ0) is 21.1. The number of likely N-dealkylation sites (tertiary alicyclic amines) is 1. The largest absolute Gasteiger partial charge is 0.350 e. The van der Waals surface area contributed by atoms with Gasteiger partial charge in [-0.15, -0.1) is 0 Å². The Bertz CT molecular complexity index is 1010. The first-order chi connectivity index (χ1) is 14.5. The number of hydrogen-bond acceptors (Lipinski definition) is 2. The number of piperidine rings is 1. The van der Waals surface area contributed by atoms with E-state index in [1.807, 2.05) is 11.8 Å². The molecule has 1 aromatic heterocycles. The first kappa shape index (κ1) is 20.6. The highest BCUT2D eigenvalue weighted by molar-refractivity contribution is 5.98. The number of carbonyl (C=O) groups excluding carboxylic acids is 1. The Morgan fingerprint density at radius 2 is 2.03 bits per heavy atom. The Morgan fingerprint density at radius 3 is 2.77 bits per heavy atom. The topological polar surface area (TPSA) is 39.3 Å². The molecule has 0 radical (unpaired) electrons. The lowest BCUT2D eigenvalue weighted by Crippen LogP contribution is -2.42. The lowest BCUT2D eigenvalue weighted by molar-refractivity contribution is 0.0680. The number of nitrogens with one attached hydrogen (secondary N) is 1. The van der Waals surface area contributed by atoms with Crippen molar-refractivity contribution < 1.29 is 9.18 Å². The molecule has 1 aliphatic rings. The van der Waals surface area contributed by atoms with Crippen LogP contribution in [0.5, 0.6) is 0 Å². The number of H-pyrrole nitrogens is 1. The van der Waals surface area contributed by atoms with Gasteiger partial charge in [0.2, 0.25) is 0 Å². The zero-order valence-electron chi connectivity index (χ0n) is 17.8. The summed E-state index contributed by atoms with van der Waals surface area (Å²) in [6.45, 7) is 8.55. The number of nitrogens with zero attached hydrogens (tertiary/aromatic N) is 2. The molecule has 5 heteroatoms. The van der Waals surface area contributed by atoms with Crippen molar-refractivity contribution in [3.8, 4) is 0 Å². The number of halogens is 1. The number of hydrogen-bond donors (Lipinski definition) is 1. The van der Waals surface area contributed by atoms with E-state index in [4.69, 9.17) is 0 Å². The Kier molecular flexibility index (Phi) is 6.18. The van der Waals surface area contributed by atoms with E-state index in [1.54, 1.807) is 18.2 Å². The van der Waals surface area contributed by atoms with Gasteiger partial charge in [0.15, 0.2) is 0 Å². The van der Waals surface area contributed by atoms with Gasteiger partial charge in [0.1, 0.15) is 11.5 Å². The number of aryl methyl sites for hydroxylation is 1. The average Bonchev–Trinajstić information content (AvgIpc) is 3.19. The predicted octanol–water partition coefficient (Wildman–Crippen LogP) is 4.99. The van der Waals surface area contributed by atoms with Gasteiger partial charge in [0.25, 0.3) is 5.91 Å². The van der Waals surface area contributed by atoms with E-state index in [-0.39, 0.29) is 11.7 Å². The van der Waals surface area contributed by atoms with E-state index in [0.29, 0.717) is 29.1 Å². The van der Waals surface area contributed by atoms with Crippen LogP contribution < -0.4 is 0 Å². The van der Waals surface area contributed by atoms with Crippen molar-refractivity contribution in [1.29, 1.82) is 0 Å². The van der Waals surface area contributed by atoms with Gasteiger partial charge in [-0.05, 0) is 62.9 Å². The maximum absolute atomic E-state index is 14.0. The maximum Gasteiger partial charge on any atom is 0.270 e. The van der Waals surface area contributed by atoms with Crippen LogP contribution in [0.15, 0.2) is 48.5 Å². The molecule has 1 atom stereocenters. The van der Waals surface area contributed by atoms with Crippen molar-refractivity contribution in [1.82, 2.24) is 14.8 Å². The third-order valence-electron chi connectivity index (χ3n) is 6.12. The molecule has 1 amide bonds. The zero-order valence-corrected chi connectivity index (χ0v) is 17.8. The highest BCUT2D eigenvalue weighted by atomic mass is 19.1. The fourth-order valence-electron chi connectivity index (χ4n) is 4.47. The predicted molar refractivity (Wildman–Crippen MR) is 119 cm³/mol. The molecule has 1 saturated heterocycles. The number of amides is 1. The van der Waals surface area contributed by atoms with Gasteiger partial charge in [-0.25, -0.2) is 4.39 Å². The van der Waals surface area contributed by atoms with Gasteiger partial charge < -0.3 is 9.88 Å². The lowest BCUT2D eigenvalue weighted by atomic mass is 9.96. The number of aromatic amines is 1. The molecule has 2 heterocycles. The van der Waals surface area contributed by atoms with Crippen molar-refractivity contribution in [2.75, 3.05) is 26.2 Å². The van der Waals surface area contributed by atoms with E-state index in [1.165, 1.54) is 17.2 Å². The minimum absolute atomic E-state index is 0.0521. The smallest absolute Gasteiger partial charge is 0.270 e. The van der Waals surface area contributed by atoms with Crippen LogP contribution in [0.3, 0.4) is 0 Å². The van der Waals surface area contributed by atoms with Crippen molar-refractivity contribution >= 4 is 16.8 Å². The summed E-state index contributed by atoms with van der Waals surface area (Å²) in [5.41, 5.74) is 3.75. The highest BCUT2D eigenvalue weighted by Crippen LogP contribution is 2.23. The van der Waals surface area contributed by atoms with Crippen LogP contribution in [-0.2, 0) is 6.54 Å². The molecule has 0 saturated carbocycles. The molecule has 1 fully saturated rings. The second kappa shape index (κ2) is 9.00. The van der Waals surface area contributed by atoms with Crippen molar-refractivity contribution in [2.45, 2.75) is 33.2 Å². The Balaban J connectivity index is 1.41. The summed E-state index contributed by atoms with van der Waals surface area (Å²) < 4.78 is 14.0. The summed E-state index contributed by atoms with van der Waals surface area (Å²) in [5.74, 6) is 0.0999. The van der Waals surface area contributed by atoms with Gasteiger partial charge >= 0.3 is 0 Å². The molecular formula is C25H30FN3O. The molecule has 1 N–H and O–H groups in total. The minimum Gasteiger partial charge on any atom is -0.350 e. The van der Waals surface area contributed by atoms with Crippen LogP contribution >= 0.6 is 0 Å². The third kappa shape index (κ3) is 4.57. The van der Waals surface area contributed by atoms with Crippen LogP contribution in [0.1, 0.15) is 41.4 Å². The summed E-state index contributed by atoms with van der Waals surface area (Å²) in [4.78, 5) is 20.6. The molecule has 0 spiro atoms. The van der Waals surface area contributed by atoms with Crippen LogP contribution in [-0.4, -0.2) is 46.9 Å². The molecular weight excluding hydrogens is 377 g/mol. The van der Waals surface area contributed by atoms with Gasteiger partial charge in [0, 0.05) is 37.1 Å². The van der Waals surface area contributed by atoms with E-state index < -0.39 is 0 Å². The monoisotopic (exact) mass is 407 g/mol. The number of benzene rings is 2. The van der Waals surface area contributed by atoms with E-state index in [0.717, 1.165) is 39.0 Å². The van der Waals surface area contributed by atoms with Crippen LogP contribution in [0.4, 0.5) is 4.39 Å². The summed E-state index contributed by atoms with van der Waals surface area (Å²) in [5, 5.41) is 0.471. The average molecular weight is 408 g/mol. The highest BCUT2D eigenvalue weighted by Gasteiger charge is 2.25. The molecule has 2 aromatic carbocycles. The first-order valence-corrected chi connectivity index (χ1v) is 10.9. The molecule has 3 aromatic rings. The van der Waals surface area contributed by atoms with E-state index in [2.05, 4.69) is 41.1 Å². The Morgan fingerprint density at radius 1 is 1.23 bits per heavy atom. The number of rotatable bonds is 6. The standard InChI is InChI=1S/C25H30FN3O/c1-3-29(25(30)24-14-21-22(26)7-4-8-23(21)27-24)17-20-6-5-13-28(16-20)15-19-11-9-18(2)10-12-19/h4,7-12,14,20,27H,3,5-6,13,15-17H2,1-2H3. The molecule has 0 aliphatic carbocycles. The third-order valence-corrected chi connectivity index (χ3v) is 6.12. The van der Waals surface area contributed by atoms with E-state index >= 15 is 0 Å². The van der Waals surface area contributed by atoms with Crippen LogP contribution in [0.25, 0.3) is 10.9 Å². The second-order valence-corrected chi connectivity index (χ2v) is 8.46. The quantitative estimate of drug-likeness (QED) is 0.625. The lowest BCUT2D eigenvalue weighted by Gasteiger charge is -2.35. The Labute approximate surface area is 177 Å². The molecule has 1 aliphatic heterocycles. The van der Waals surface area contributed by atoms with Gasteiger partial charge in [-0.3, -0.25) is 9.69 Å². The van der Waals surface area contributed by atoms with Crippen LogP contribution in [0.2, 0.25) is 0 Å². The molecule has 0 bridgehead atoms. The SMILES string of the molecule is CCN(CC1CCCN(Cc2ccc(C)cc2)C1)C(=O)c1cc2c(F)cccc2[nH]1. The summed E-state index contributed by atoms with van der Waals surface area (Å²) in [6.07, 6.45) is 2.29. The fraction of sp³-hybridized carbons (Fsp3) is 0.400. The molecule has 1 unspecified atom stereocenters. The van der Waals surface area contributed by atoms with Gasteiger partial charge in [-0.1, -0.05) is 35.9 Å². The minimum atomic E-state index is -0.301. The van der Waals surface area contributed by atoms with Gasteiger partial charge in [0.05, 0.1) is 0 Å². The molecule has 158 valence electrons. The maximum atomic E-state index is 14.0. The van der Waals surface area contributed by atoms with Crippen molar-refractivity contribution in [3.63, 3.8) is 0 Å². The summed E-state index contributed by atoms with van der Waals surface area (Å²) >= 11 is 0. The number of carbonyl (C=O) groups is 1. The summed E-state index contributed by atoms with van der Waals surface area (Å²) in [6, 6.07) is 15.3. The molecule has 4 rings (SSSR count). The first-order valence-electron chi connectivity index (χ1n) is 10.9. The summed E-state index contributed by atoms with van der Waals surface area (Å²) in [7, 11) is 0. The molecule has 30 heavy (non-hydrogen) atoms. The normalized spacial score (nSPS) is 17.4. The number of aromatic nitrogens is 1. The number of fused-ring (bicyclic) bond motifs is 1. The second-order valence-electron chi connectivity index (χ2n) is 8.46. The van der Waals surface area contributed by atoms with Crippen LogP contribution in [0, 0.1) is 18.7 Å².